The van der Waals surface area contributed by atoms with Crippen LogP contribution in [0.3, 0.4) is 0 Å². The van der Waals surface area contributed by atoms with Crippen molar-refractivity contribution in [2.24, 2.45) is 5.92 Å². The fourth-order valence-electron chi connectivity index (χ4n) is 4.38. The summed E-state index contributed by atoms with van der Waals surface area (Å²) in [5.74, 6) is 1.30. The molecule has 3 rings (SSSR count). The third kappa shape index (κ3) is 7.12. The molecule has 2 unspecified atom stereocenters. The number of nitrogens with zero attached hydrogens (tertiary/aromatic N) is 1. The molecule has 1 aromatic heterocycles. The Kier molecular flexibility index (Phi) is 10.1. The number of nitrogens with one attached hydrogen (secondary N) is 1. The molecule has 2 aromatic carbocycles. The summed E-state index contributed by atoms with van der Waals surface area (Å²) in [7, 11) is 0. The van der Waals surface area contributed by atoms with E-state index in [1.807, 2.05) is 12.3 Å². The minimum absolute atomic E-state index is 0.0861. The summed E-state index contributed by atoms with van der Waals surface area (Å²) in [4.78, 5) is 4.62. The summed E-state index contributed by atoms with van der Waals surface area (Å²) in [6, 6.07) is 23.7. The van der Waals surface area contributed by atoms with Gasteiger partial charge in [0.25, 0.3) is 0 Å². The van der Waals surface area contributed by atoms with Crippen molar-refractivity contribution in [1.82, 2.24) is 4.98 Å². The monoisotopic (exact) mass is 535 g/mol. The van der Waals surface area contributed by atoms with Crippen molar-refractivity contribution < 1.29 is 25.3 Å². The van der Waals surface area contributed by atoms with Gasteiger partial charge in [-0.05, 0) is 0 Å². The predicted molar refractivity (Wildman–Crippen MR) is 141 cm³/mol. The Labute approximate surface area is 216 Å². The van der Waals surface area contributed by atoms with E-state index in [-0.39, 0.29) is 6.10 Å². The maximum absolute atomic E-state index is 7.16. The van der Waals surface area contributed by atoms with Crippen LogP contribution in [0.4, 0.5) is 5.69 Å². The topological polar surface area (TPSA) is 34.1 Å². The molecule has 0 radical (unpaired) electrons. The fraction of sp³-hybridized carbons (Fsp3) is 0.433. The number of para-hydroxylation sites is 1. The first-order chi connectivity index (χ1) is 16.3. The molecule has 1 heterocycles. The summed E-state index contributed by atoms with van der Waals surface area (Å²) in [6.45, 7) is 16.0. The molecule has 1 N–H and O–H groups in total. The van der Waals surface area contributed by atoms with E-state index in [4.69, 9.17) is 2.81 Å². The molecule has 2 atom stereocenters. The Morgan fingerprint density at radius 1 is 0.765 bits per heavy atom. The number of anilines is 1. The number of benzene rings is 2. The van der Waals surface area contributed by atoms with Gasteiger partial charge in [0.1, 0.15) is 0 Å². The Hall–Kier alpha value is -1.77. The van der Waals surface area contributed by atoms with Gasteiger partial charge in [0.2, 0.25) is 0 Å². The van der Waals surface area contributed by atoms with Crippen molar-refractivity contribution in [3.8, 4) is 0 Å². The zero-order valence-electron chi connectivity index (χ0n) is 21.9. The summed E-state index contributed by atoms with van der Waals surface area (Å²) in [6.07, 6.45) is 2.91. The van der Waals surface area contributed by atoms with E-state index in [0.717, 1.165) is 12.1 Å². The third-order valence-corrected chi connectivity index (χ3v) is 11.5. The quantitative estimate of drug-likeness (QED) is 0.266. The Morgan fingerprint density at radius 2 is 1.38 bits per heavy atom. The molecule has 0 amide bonds. The van der Waals surface area contributed by atoms with Crippen molar-refractivity contribution >= 4 is 5.69 Å². The van der Waals surface area contributed by atoms with E-state index in [2.05, 4.69) is 117 Å². The Bertz CT molecular complexity index is 979. The van der Waals surface area contributed by atoms with Gasteiger partial charge in [-0.3, -0.25) is 0 Å². The molecule has 0 spiro atoms. The number of pyridine rings is 1. The number of hydrogen-bond donors (Lipinski definition) is 1. The van der Waals surface area contributed by atoms with Crippen LogP contribution in [0.1, 0.15) is 88.8 Å². The van der Waals surface area contributed by atoms with E-state index in [1.165, 1.54) is 22.4 Å². The summed E-state index contributed by atoms with van der Waals surface area (Å²) >= 11 is -2.68. The molecule has 0 saturated heterocycles. The van der Waals surface area contributed by atoms with Crippen molar-refractivity contribution in [1.29, 1.82) is 0 Å². The fourth-order valence-corrected chi connectivity index (χ4v) is 9.66. The second-order valence-corrected chi connectivity index (χ2v) is 15.6. The van der Waals surface area contributed by atoms with Crippen LogP contribution in [0.25, 0.3) is 0 Å². The first-order valence-corrected chi connectivity index (χ1v) is 16.3. The molecule has 181 valence electrons. The zero-order valence-corrected chi connectivity index (χ0v) is 24.3. The number of rotatable bonds is 11. The van der Waals surface area contributed by atoms with E-state index < -0.39 is 22.5 Å². The van der Waals surface area contributed by atoms with Gasteiger partial charge in [-0.1, -0.05) is 0 Å². The van der Waals surface area contributed by atoms with Crippen molar-refractivity contribution in [3.05, 3.63) is 95.3 Å². The minimum atomic E-state index is -2.68. The summed E-state index contributed by atoms with van der Waals surface area (Å²) in [5, 5.41) is 0. The molecule has 0 saturated carbocycles. The second-order valence-electron chi connectivity index (χ2n) is 10.2. The molecule has 0 aliphatic rings. The Morgan fingerprint density at radius 3 is 1.91 bits per heavy atom. The van der Waals surface area contributed by atoms with Gasteiger partial charge in [-0.15, -0.1) is 0 Å². The van der Waals surface area contributed by atoms with Crippen molar-refractivity contribution in [2.45, 2.75) is 76.5 Å². The van der Waals surface area contributed by atoms with Gasteiger partial charge >= 0.3 is 217 Å². The first-order valence-electron chi connectivity index (χ1n) is 12.7. The SMILES string of the molecule is CC(C)c1cccc(C(C)C)c1[NH][Zr]([O]C(c1ccccc1)C(C)C)[CH](C)Cc1ccccn1. The van der Waals surface area contributed by atoms with Crippen LogP contribution >= 0.6 is 0 Å². The van der Waals surface area contributed by atoms with Crippen LogP contribution in [-0.4, -0.2) is 4.98 Å². The molecule has 3 nitrogen and oxygen atoms in total. The number of hydrogen-bond acceptors (Lipinski definition) is 3. The van der Waals surface area contributed by atoms with Gasteiger partial charge in [-0.2, -0.15) is 0 Å². The van der Waals surface area contributed by atoms with Crippen molar-refractivity contribution in [3.63, 3.8) is 0 Å². The maximum atomic E-state index is 7.16. The van der Waals surface area contributed by atoms with Crippen LogP contribution < -0.4 is 3.26 Å². The van der Waals surface area contributed by atoms with E-state index in [0.29, 0.717) is 21.4 Å². The van der Waals surface area contributed by atoms with Crippen LogP contribution in [0, 0.1) is 5.92 Å². The standard InChI is InChI=1S/C12H18N.C10H13O.C8H10N.Zr/c1-8(2)10-6-5-7-11(9(3)4)12(10)13;1-8(2)10(11)9-6-4-3-5-7-9;1-2-5-8-6-3-4-7-9-8;/h5-9,13H,1-4H3;3-8,10H,1-2H3;2-4,6-7H,5H2,1H3;/q2*-1;;+2. The average molecular weight is 537 g/mol. The van der Waals surface area contributed by atoms with Gasteiger partial charge < -0.3 is 0 Å². The second kappa shape index (κ2) is 12.8. The van der Waals surface area contributed by atoms with Crippen LogP contribution in [0.15, 0.2) is 72.9 Å². The molecule has 34 heavy (non-hydrogen) atoms. The predicted octanol–water partition coefficient (Wildman–Crippen LogP) is 8.65. The van der Waals surface area contributed by atoms with Crippen LogP contribution in [0.2, 0.25) is 3.63 Å². The number of aromatic nitrogens is 1. The summed E-state index contributed by atoms with van der Waals surface area (Å²) in [5.41, 5.74) is 6.49. The van der Waals surface area contributed by atoms with E-state index in [1.54, 1.807) is 0 Å². The molecule has 0 fully saturated rings. The molecular formula is C30H41N2OZr. The van der Waals surface area contributed by atoms with Gasteiger partial charge in [-0.25, -0.2) is 0 Å². The summed E-state index contributed by atoms with van der Waals surface area (Å²) < 4.78 is 11.7. The zero-order chi connectivity index (χ0) is 24.7. The molecular weight excluding hydrogens is 496 g/mol. The van der Waals surface area contributed by atoms with Crippen LogP contribution in [0.5, 0.6) is 0 Å². The van der Waals surface area contributed by atoms with Gasteiger partial charge in [0, 0.05) is 0 Å². The van der Waals surface area contributed by atoms with Crippen molar-refractivity contribution in [2.75, 3.05) is 3.26 Å². The van der Waals surface area contributed by atoms with Gasteiger partial charge in [0.15, 0.2) is 0 Å². The third-order valence-electron chi connectivity index (χ3n) is 6.30. The van der Waals surface area contributed by atoms with Gasteiger partial charge in [0.05, 0.1) is 0 Å². The molecule has 0 aliphatic carbocycles. The molecule has 3 aromatic rings. The first kappa shape index (κ1) is 26.8. The average Bonchev–Trinajstić information content (AvgIpc) is 2.82. The van der Waals surface area contributed by atoms with Crippen LogP contribution in [-0.2, 0) is 31.7 Å². The van der Waals surface area contributed by atoms with E-state index >= 15 is 0 Å². The molecule has 0 bridgehead atoms. The molecule has 4 heteroatoms. The normalized spacial score (nSPS) is 13.4. The Balaban J connectivity index is 2.00. The molecule has 0 aliphatic heterocycles. The van der Waals surface area contributed by atoms with E-state index in [9.17, 15) is 0 Å².